The van der Waals surface area contributed by atoms with Crippen molar-refractivity contribution in [2.75, 3.05) is 13.1 Å². The molecule has 0 radical (unpaired) electrons. The van der Waals surface area contributed by atoms with E-state index < -0.39 is 0 Å². The largest absolute Gasteiger partial charge is 0.337 e. The van der Waals surface area contributed by atoms with E-state index in [0.29, 0.717) is 19.1 Å². The minimum atomic E-state index is -0.0933. The first-order valence-corrected chi connectivity index (χ1v) is 6.54. The summed E-state index contributed by atoms with van der Waals surface area (Å²) < 4.78 is 0. The molecular formula is C14H21N3O. The summed E-state index contributed by atoms with van der Waals surface area (Å²) in [7, 11) is 0. The lowest BCUT2D eigenvalue weighted by Crippen LogP contribution is -2.42. The van der Waals surface area contributed by atoms with Gasteiger partial charge in [0.15, 0.2) is 0 Å². The van der Waals surface area contributed by atoms with Crippen LogP contribution in [0.4, 0.5) is 4.79 Å². The zero-order chi connectivity index (χ0) is 12.8. The normalized spacial score (nSPS) is 18.6. The third-order valence-electron chi connectivity index (χ3n) is 3.25. The molecule has 18 heavy (non-hydrogen) atoms. The van der Waals surface area contributed by atoms with E-state index in [1.807, 2.05) is 12.1 Å². The lowest BCUT2D eigenvalue weighted by molar-refractivity contribution is 0.239. The quantitative estimate of drug-likeness (QED) is 0.756. The maximum absolute atomic E-state index is 11.6. The Labute approximate surface area is 108 Å². The molecule has 98 valence electrons. The molecule has 1 unspecified atom stereocenters. The molecule has 4 heteroatoms. The highest BCUT2D eigenvalue weighted by Gasteiger charge is 2.14. The van der Waals surface area contributed by atoms with Crippen LogP contribution in [0.2, 0.25) is 0 Å². The Bertz CT molecular complexity index is 383. The van der Waals surface area contributed by atoms with E-state index in [0.717, 1.165) is 18.5 Å². The summed E-state index contributed by atoms with van der Waals surface area (Å²) in [6, 6.07) is 8.52. The summed E-state index contributed by atoms with van der Waals surface area (Å²) in [6.07, 6.45) is 2.36. The number of hydrogen-bond donors (Lipinski definition) is 3. The molecule has 1 aliphatic rings. The molecule has 1 aromatic rings. The van der Waals surface area contributed by atoms with E-state index in [4.69, 9.17) is 0 Å². The molecule has 2 amide bonds. The van der Waals surface area contributed by atoms with E-state index in [1.165, 1.54) is 12.0 Å². The number of aryl methyl sites for hydroxylation is 1. The van der Waals surface area contributed by atoms with Crippen molar-refractivity contribution in [3.8, 4) is 0 Å². The van der Waals surface area contributed by atoms with Gasteiger partial charge in [-0.3, -0.25) is 0 Å². The second-order valence-corrected chi connectivity index (χ2v) is 4.84. The van der Waals surface area contributed by atoms with E-state index in [-0.39, 0.29) is 6.03 Å². The van der Waals surface area contributed by atoms with Gasteiger partial charge < -0.3 is 16.0 Å². The second-order valence-electron chi connectivity index (χ2n) is 4.84. The molecule has 0 aliphatic carbocycles. The van der Waals surface area contributed by atoms with Gasteiger partial charge in [0.1, 0.15) is 0 Å². The van der Waals surface area contributed by atoms with E-state index in [2.05, 4.69) is 35.0 Å². The molecule has 0 saturated carbocycles. The first-order valence-electron chi connectivity index (χ1n) is 6.54. The molecule has 4 nitrogen and oxygen atoms in total. The summed E-state index contributed by atoms with van der Waals surface area (Å²) >= 11 is 0. The SMILES string of the molecule is Cc1ccc(CNC(=O)NCC2CCCN2)cc1. The van der Waals surface area contributed by atoms with Gasteiger partial charge in [-0.2, -0.15) is 0 Å². The first-order chi connectivity index (χ1) is 8.74. The van der Waals surface area contributed by atoms with Crippen molar-refractivity contribution in [2.45, 2.75) is 32.4 Å². The lowest BCUT2D eigenvalue weighted by Gasteiger charge is -2.12. The third-order valence-corrected chi connectivity index (χ3v) is 3.25. The van der Waals surface area contributed by atoms with Crippen LogP contribution in [0, 0.1) is 6.92 Å². The number of benzene rings is 1. The van der Waals surface area contributed by atoms with Gasteiger partial charge in [0.05, 0.1) is 0 Å². The highest BCUT2D eigenvalue weighted by molar-refractivity contribution is 5.73. The zero-order valence-electron chi connectivity index (χ0n) is 10.8. The summed E-state index contributed by atoms with van der Waals surface area (Å²) in [5, 5.41) is 9.11. The highest BCUT2D eigenvalue weighted by atomic mass is 16.2. The Balaban J connectivity index is 1.66. The fourth-order valence-corrected chi connectivity index (χ4v) is 2.10. The molecule has 1 saturated heterocycles. The summed E-state index contributed by atoms with van der Waals surface area (Å²) in [5.41, 5.74) is 2.35. The van der Waals surface area contributed by atoms with Gasteiger partial charge in [-0.15, -0.1) is 0 Å². The van der Waals surface area contributed by atoms with Crippen molar-refractivity contribution >= 4 is 6.03 Å². The average molecular weight is 247 g/mol. The fourth-order valence-electron chi connectivity index (χ4n) is 2.10. The van der Waals surface area contributed by atoms with Crippen molar-refractivity contribution in [1.82, 2.24) is 16.0 Å². The van der Waals surface area contributed by atoms with Crippen LogP contribution < -0.4 is 16.0 Å². The van der Waals surface area contributed by atoms with Crippen LogP contribution in [0.15, 0.2) is 24.3 Å². The van der Waals surface area contributed by atoms with Gasteiger partial charge in [-0.05, 0) is 31.9 Å². The molecule has 1 aliphatic heterocycles. The number of amides is 2. The average Bonchev–Trinajstić information content (AvgIpc) is 2.89. The van der Waals surface area contributed by atoms with Crippen molar-refractivity contribution in [2.24, 2.45) is 0 Å². The van der Waals surface area contributed by atoms with Gasteiger partial charge in [0.25, 0.3) is 0 Å². The Kier molecular flexibility index (Phi) is 4.59. The first kappa shape index (κ1) is 12.9. The molecule has 0 spiro atoms. The second kappa shape index (κ2) is 6.40. The van der Waals surface area contributed by atoms with Gasteiger partial charge in [0, 0.05) is 19.1 Å². The number of rotatable bonds is 4. The summed E-state index contributed by atoms with van der Waals surface area (Å²) in [4.78, 5) is 11.6. The van der Waals surface area contributed by atoms with Crippen molar-refractivity contribution in [3.05, 3.63) is 35.4 Å². The maximum Gasteiger partial charge on any atom is 0.315 e. The maximum atomic E-state index is 11.6. The molecule has 1 atom stereocenters. The summed E-state index contributed by atoms with van der Waals surface area (Å²) in [5.74, 6) is 0. The van der Waals surface area contributed by atoms with Crippen LogP contribution in [-0.4, -0.2) is 25.2 Å². The zero-order valence-corrected chi connectivity index (χ0v) is 10.8. The monoisotopic (exact) mass is 247 g/mol. The minimum Gasteiger partial charge on any atom is -0.337 e. The standard InChI is InChI=1S/C14H21N3O/c1-11-4-6-12(7-5-11)9-16-14(18)17-10-13-3-2-8-15-13/h4-7,13,15H,2-3,8-10H2,1H3,(H2,16,17,18). The van der Waals surface area contributed by atoms with Crippen LogP contribution in [0.1, 0.15) is 24.0 Å². The van der Waals surface area contributed by atoms with Gasteiger partial charge in [-0.25, -0.2) is 4.79 Å². The third kappa shape index (κ3) is 4.04. The Morgan fingerprint density at radius 3 is 2.78 bits per heavy atom. The minimum absolute atomic E-state index is 0.0933. The molecule has 3 N–H and O–H groups in total. The number of hydrogen-bond acceptors (Lipinski definition) is 2. The van der Waals surface area contributed by atoms with Crippen LogP contribution in [0.25, 0.3) is 0 Å². The number of carbonyl (C=O) groups excluding carboxylic acids is 1. The Hall–Kier alpha value is -1.55. The predicted octanol–water partition coefficient (Wildman–Crippen LogP) is 1.55. The molecule has 1 heterocycles. The fraction of sp³-hybridized carbons (Fsp3) is 0.500. The molecule has 1 aromatic carbocycles. The lowest BCUT2D eigenvalue weighted by atomic mass is 10.1. The molecule has 0 bridgehead atoms. The smallest absolute Gasteiger partial charge is 0.315 e. The van der Waals surface area contributed by atoms with Crippen molar-refractivity contribution in [1.29, 1.82) is 0 Å². The topological polar surface area (TPSA) is 53.2 Å². The van der Waals surface area contributed by atoms with Crippen LogP contribution >= 0.6 is 0 Å². The molecular weight excluding hydrogens is 226 g/mol. The molecule has 2 rings (SSSR count). The Morgan fingerprint density at radius 2 is 2.11 bits per heavy atom. The summed E-state index contributed by atoms with van der Waals surface area (Å²) in [6.45, 7) is 4.40. The van der Waals surface area contributed by atoms with Gasteiger partial charge in [0.2, 0.25) is 0 Å². The van der Waals surface area contributed by atoms with E-state index in [1.54, 1.807) is 0 Å². The van der Waals surface area contributed by atoms with E-state index in [9.17, 15) is 4.79 Å². The number of nitrogens with one attached hydrogen (secondary N) is 3. The van der Waals surface area contributed by atoms with Gasteiger partial charge in [-0.1, -0.05) is 29.8 Å². The number of urea groups is 1. The molecule has 1 fully saturated rings. The predicted molar refractivity (Wildman–Crippen MR) is 72.4 cm³/mol. The van der Waals surface area contributed by atoms with Crippen LogP contribution in [0.3, 0.4) is 0 Å². The van der Waals surface area contributed by atoms with Crippen LogP contribution in [0.5, 0.6) is 0 Å². The molecule has 0 aromatic heterocycles. The number of carbonyl (C=O) groups is 1. The van der Waals surface area contributed by atoms with Gasteiger partial charge >= 0.3 is 6.03 Å². The Morgan fingerprint density at radius 1 is 1.33 bits per heavy atom. The van der Waals surface area contributed by atoms with Crippen molar-refractivity contribution < 1.29 is 4.79 Å². The highest BCUT2D eigenvalue weighted by Crippen LogP contribution is 2.03. The van der Waals surface area contributed by atoms with Crippen molar-refractivity contribution in [3.63, 3.8) is 0 Å². The van der Waals surface area contributed by atoms with E-state index >= 15 is 0 Å². The van der Waals surface area contributed by atoms with Crippen LogP contribution in [-0.2, 0) is 6.54 Å².